The highest BCUT2D eigenvalue weighted by Crippen LogP contribution is 2.31. The van der Waals surface area contributed by atoms with Crippen LogP contribution in [0.5, 0.6) is 11.5 Å². The van der Waals surface area contributed by atoms with Crippen molar-refractivity contribution in [1.82, 2.24) is 4.90 Å². The second-order valence-electron chi connectivity index (χ2n) is 7.62. The molecule has 174 valence electrons. The van der Waals surface area contributed by atoms with E-state index in [2.05, 4.69) is 6.07 Å². The van der Waals surface area contributed by atoms with Gasteiger partial charge in [-0.2, -0.15) is 5.26 Å². The molecule has 1 aliphatic rings. The zero-order chi connectivity index (χ0) is 24.9. The van der Waals surface area contributed by atoms with Crippen molar-refractivity contribution in [1.29, 1.82) is 5.26 Å². The molecule has 2 amide bonds. The average molecular weight is 487 g/mol. The van der Waals surface area contributed by atoms with E-state index in [0.29, 0.717) is 32.8 Å². The van der Waals surface area contributed by atoms with E-state index in [1.807, 2.05) is 0 Å². The summed E-state index contributed by atoms with van der Waals surface area (Å²) < 4.78 is 10.8. The number of amides is 2. The number of imide groups is 1. The Morgan fingerprint density at radius 1 is 1.00 bits per heavy atom. The van der Waals surface area contributed by atoms with Crippen LogP contribution < -0.4 is 9.47 Å². The lowest BCUT2D eigenvalue weighted by molar-refractivity contribution is -0.134. The van der Waals surface area contributed by atoms with Crippen molar-refractivity contribution in [2.24, 2.45) is 0 Å². The van der Waals surface area contributed by atoms with Crippen molar-refractivity contribution in [2.75, 3.05) is 13.7 Å². The van der Waals surface area contributed by atoms with E-state index in [-0.39, 0.29) is 24.5 Å². The molecule has 0 unspecified atom stereocenters. The summed E-state index contributed by atoms with van der Waals surface area (Å²) in [6, 6.07) is 20.5. The van der Waals surface area contributed by atoms with Crippen molar-refractivity contribution in [3.8, 4) is 17.6 Å². The summed E-state index contributed by atoms with van der Waals surface area (Å²) in [5.41, 5.74) is 2.38. The first-order valence-electron chi connectivity index (χ1n) is 10.6. The first-order chi connectivity index (χ1) is 16.9. The minimum absolute atomic E-state index is 0.0977. The molecule has 0 atom stereocenters. The lowest BCUT2D eigenvalue weighted by Crippen LogP contribution is -2.32. The molecule has 0 aliphatic carbocycles. The van der Waals surface area contributed by atoms with Gasteiger partial charge in [-0.05, 0) is 53.6 Å². The monoisotopic (exact) mass is 486 g/mol. The number of hydrogen-bond donors (Lipinski definition) is 0. The third kappa shape index (κ3) is 5.08. The zero-order valence-electron chi connectivity index (χ0n) is 18.7. The molecule has 3 aromatic carbocycles. The molecule has 0 saturated carbocycles. The standard InChI is InChI=1S/C27H19ClN2O5/c1-34-24-14-17(13-19(16-29)18-5-4-6-20(28)15-18)9-10-23(24)35-25(31)11-12-30-26(32)21-7-2-3-8-22(21)27(30)33/h2-10,13-15H,11-12H2,1H3/b19-13-. The number of hydrogen-bond acceptors (Lipinski definition) is 6. The summed E-state index contributed by atoms with van der Waals surface area (Å²) in [5.74, 6) is -1.02. The van der Waals surface area contributed by atoms with Gasteiger partial charge < -0.3 is 9.47 Å². The van der Waals surface area contributed by atoms with Gasteiger partial charge in [-0.3, -0.25) is 19.3 Å². The van der Waals surface area contributed by atoms with Gasteiger partial charge in [0.1, 0.15) is 0 Å². The Hall–Kier alpha value is -4.41. The molecular formula is C27H19ClN2O5. The number of carbonyl (C=O) groups excluding carboxylic acids is 3. The van der Waals surface area contributed by atoms with Crippen LogP contribution in [0.3, 0.4) is 0 Å². The van der Waals surface area contributed by atoms with Gasteiger partial charge in [0.05, 0.1) is 36.3 Å². The molecule has 3 aromatic rings. The predicted octanol–water partition coefficient (Wildman–Crippen LogP) is 5.00. The molecule has 1 aliphatic heterocycles. The lowest BCUT2D eigenvalue weighted by Gasteiger charge is -2.14. The van der Waals surface area contributed by atoms with Gasteiger partial charge in [-0.1, -0.05) is 41.9 Å². The second-order valence-corrected chi connectivity index (χ2v) is 8.06. The number of nitrogens with zero attached hydrogens (tertiary/aromatic N) is 2. The van der Waals surface area contributed by atoms with Gasteiger partial charge in [0.25, 0.3) is 11.8 Å². The van der Waals surface area contributed by atoms with Crippen LogP contribution in [0.4, 0.5) is 0 Å². The Kier molecular flexibility index (Phi) is 6.95. The molecule has 0 bridgehead atoms. The maximum atomic E-state index is 12.5. The van der Waals surface area contributed by atoms with Gasteiger partial charge >= 0.3 is 5.97 Å². The highest BCUT2D eigenvalue weighted by atomic mass is 35.5. The summed E-state index contributed by atoms with van der Waals surface area (Å²) in [5, 5.41) is 10.1. The van der Waals surface area contributed by atoms with Crippen LogP contribution in [0.15, 0.2) is 66.7 Å². The zero-order valence-corrected chi connectivity index (χ0v) is 19.4. The molecule has 7 nitrogen and oxygen atoms in total. The van der Waals surface area contributed by atoms with Crippen LogP contribution in [0.1, 0.15) is 38.3 Å². The topological polar surface area (TPSA) is 96.7 Å². The normalized spacial score (nSPS) is 12.8. The molecule has 0 spiro atoms. The third-order valence-corrected chi connectivity index (χ3v) is 5.63. The Morgan fingerprint density at radius 3 is 2.34 bits per heavy atom. The Morgan fingerprint density at radius 2 is 1.71 bits per heavy atom. The first-order valence-corrected chi connectivity index (χ1v) is 11.0. The third-order valence-electron chi connectivity index (χ3n) is 5.40. The number of esters is 1. The maximum Gasteiger partial charge on any atom is 0.313 e. The van der Waals surface area contributed by atoms with E-state index < -0.39 is 17.8 Å². The quantitative estimate of drug-likeness (QED) is 0.153. The van der Waals surface area contributed by atoms with E-state index in [1.54, 1.807) is 72.8 Å². The SMILES string of the molecule is COc1cc(/C=C(/C#N)c2cccc(Cl)c2)ccc1OC(=O)CCN1C(=O)c2ccccc2C1=O. The number of carbonyl (C=O) groups is 3. The van der Waals surface area contributed by atoms with Crippen molar-refractivity contribution in [2.45, 2.75) is 6.42 Å². The fraction of sp³-hybridized carbons (Fsp3) is 0.111. The number of allylic oxidation sites excluding steroid dienone is 1. The predicted molar refractivity (Wildman–Crippen MR) is 130 cm³/mol. The van der Waals surface area contributed by atoms with Crippen molar-refractivity contribution >= 4 is 41.0 Å². The Bertz CT molecular complexity index is 1370. The summed E-state index contributed by atoms with van der Waals surface area (Å²) in [6.45, 7) is -0.0977. The van der Waals surface area contributed by atoms with Crippen LogP contribution in [-0.2, 0) is 4.79 Å². The van der Waals surface area contributed by atoms with Gasteiger partial charge in [-0.15, -0.1) is 0 Å². The number of fused-ring (bicyclic) bond motifs is 1. The highest BCUT2D eigenvalue weighted by molar-refractivity contribution is 6.30. The Balaban J connectivity index is 1.44. The van der Waals surface area contributed by atoms with Crippen LogP contribution in [0, 0.1) is 11.3 Å². The molecule has 35 heavy (non-hydrogen) atoms. The van der Waals surface area contributed by atoms with Crippen LogP contribution in [0.2, 0.25) is 5.02 Å². The van der Waals surface area contributed by atoms with E-state index in [0.717, 1.165) is 4.90 Å². The fourth-order valence-electron chi connectivity index (χ4n) is 3.68. The average Bonchev–Trinajstić information content (AvgIpc) is 3.11. The minimum atomic E-state index is -0.625. The van der Waals surface area contributed by atoms with E-state index in [4.69, 9.17) is 21.1 Å². The van der Waals surface area contributed by atoms with Crippen molar-refractivity contribution < 1.29 is 23.9 Å². The molecule has 0 fully saturated rings. The van der Waals surface area contributed by atoms with Crippen LogP contribution in [-0.4, -0.2) is 36.3 Å². The molecule has 0 aromatic heterocycles. The van der Waals surface area contributed by atoms with Gasteiger partial charge in [-0.25, -0.2) is 0 Å². The number of nitriles is 1. The van der Waals surface area contributed by atoms with Gasteiger partial charge in [0.15, 0.2) is 11.5 Å². The number of halogens is 1. The molecule has 8 heteroatoms. The summed E-state index contributed by atoms with van der Waals surface area (Å²) >= 11 is 6.03. The first kappa shape index (κ1) is 23.7. The van der Waals surface area contributed by atoms with Crippen molar-refractivity contribution in [3.63, 3.8) is 0 Å². The second kappa shape index (κ2) is 10.2. The molecule has 0 saturated heterocycles. The van der Waals surface area contributed by atoms with E-state index in [1.165, 1.54) is 7.11 Å². The van der Waals surface area contributed by atoms with Crippen LogP contribution >= 0.6 is 11.6 Å². The highest BCUT2D eigenvalue weighted by Gasteiger charge is 2.35. The molecule has 0 radical (unpaired) electrons. The van der Waals surface area contributed by atoms with E-state index in [9.17, 15) is 19.6 Å². The minimum Gasteiger partial charge on any atom is -0.493 e. The Labute approximate surface area is 206 Å². The van der Waals surface area contributed by atoms with Gasteiger partial charge in [0, 0.05) is 11.6 Å². The number of rotatable bonds is 7. The molecule has 1 heterocycles. The van der Waals surface area contributed by atoms with E-state index >= 15 is 0 Å². The smallest absolute Gasteiger partial charge is 0.313 e. The van der Waals surface area contributed by atoms with Crippen molar-refractivity contribution in [3.05, 3.63) is 94.0 Å². The summed E-state index contributed by atoms with van der Waals surface area (Å²) in [7, 11) is 1.43. The van der Waals surface area contributed by atoms with Crippen LogP contribution in [0.25, 0.3) is 11.6 Å². The maximum absolute atomic E-state index is 12.5. The molecule has 0 N–H and O–H groups in total. The molecular weight excluding hydrogens is 468 g/mol. The largest absolute Gasteiger partial charge is 0.493 e. The molecule has 4 rings (SSSR count). The number of ether oxygens (including phenoxy) is 2. The van der Waals surface area contributed by atoms with Gasteiger partial charge in [0.2, 0.25) is 0 Å². The number of methoxy groups -OCH3 is 1. The summed E-state index contributed by atoms with van der Waals surface area (Å²) in [4.78, 5) is 38.4. The number of benzene rings is 3. The summed E-state index contributed by atoms with van der Waals surface area (Å²) in [6.07, 6.45) is 1.49. The fourth-order valence-corrected chi connectivity index (χ4v) is 3.87. The lowest BCUT2D eigenvalue weighted by atomic mass is 10.0.